The molecule has 1 fully saturated rings. The van der Waals surface area contributed by atoms with Crippen molar-refractivity contribution >= 4 is 28.5 Å². The smallest absolute Gasteiger partial charge is 0.147 e. The summed E-state index contributed by atoms with van der Waals surface area (Å²) in [6, 6.07) is 8.02. The molecule has 2 heterocycles. The number of aromatic nitrogens is 2. The molecule has 2 aromatic rings. The summed E-state index contributed by atoms with van der Waals surface area (Å²) < 4.78 is 0. The van der Waals surface area contributed by atoms with Crippen LogP contribution in [0, 0.1) is 5.92 Å². The molecule has 1 aromatic carbocycles. The first kappa shape index (κ1) is 12.7. The van der Waals surface area contributed by atoms with E-state index in [-0.39, 0.29) is 0 Å². The maximum atomic E-state index is 5.86. The summed E-state index contributed by atoms with van der Waals surface area (Å²) in [4.78, 5) is 11.6. The van der Waals surface area contributed by atoms with Gasteiger partial charge in [-0.3, -0.25) is 4.98 Å². The zero-order valence-corrected chi connectivity index (χ0v) is 11.7. The fourth-order valence-corrected chi connectivity index (χ4v) is 3.07. The number of anilines is 1. The van der Waals surface area contributed by atoms with Crippen LogP contribution in [-0.4, -0.2) is 28.9 Å². The molecular formula is C15H18ClN3. The highest BCUT2D eigenvalue weighted by Gasteiger charge is 2.20. The molecule has 1 atom stereocenters. The second kappa shape index (κ2) is 5.74. The summed E-state index contributed by atoms with van der Waals surface area (Å²) in [5.74, 6) is 2.44. The van der Waals surface area contributed by atoms with Crippen LogP contribution in [0.1, 0.15) is 19.3 Å². The third-order valence-corrected chi connectivity index (χ3v) is 4.01. The van der Waals surface area contributed by atoms with Crippen LogP contribution in [0.15, 0.2) is 30.5 Å². The van der Waals surface area contributed by atoms with E-state index in [9.17, 15) is 0 Å². The lowest BCUT2D eigenvalue weighted by atomic mass is 9.96. The summed E-state index contributed by atoms with van der Waals surface area (Å²) in [6.07, 6.45) is 5.49. The minimum Gasteiger partial charge on any atom is -0.355 e. The molecule has 0 aliphatic carbocycles. The molecule has 1 aromatic heterocycles. The minimum absolute atomic E-state index is 0.694. The molecule has 0 N–H and O–H groups in total. The van der Waals surface area contributed by atoms with Crippen LogP contribution in [0.25, 0.3) is 11.0 Å². The molecule has 0 saturated carbocycles. The Hall–Kier alpha value is -1.35. The van der Waals surface area contributed by atoms with E-state index in [2.05, 4.69) is 9.88 Å². The Kier molecular flexibility index (Phi) is 3.83. The van der Waals surface area contributed by atoms with Gasteiger partial charge in [0.1, 0.15) is 5.82 Å². The Morgan fingerprint density at radius 3 is 2.95 bits per heavy atom. The molecule has 4 heteroatoms. The lowest BCUT2D eigenvalue weighted by molar-refractivity contribution is 0.404. The Labute approximate surface area is 118 Å². The van der Waals surface area contributed by atoms with Gasteiger partial charge in [-0.1, -0.05) is 12.1 Å². The van der Waals surface area contributed by atoms with Crippen molar-refractivity contribution in [3.05, 3.63) is 30.5 Å². The molecule has 1 unspecified atom stereocenters. The molecule has 1 aliphatic heterocycles. The summed E-state index contributed by atoms with van der Waals surface area (Å²) in [6.45, 7) is 2.13. The van der Waals surface area contributed by atoms with Gasteiger partial charge >= 0.3 is 0 Å². The number of nitrogens with zero attached hydrogens (tertiary/aromatic N) is 3. The molecule has 1 saturated heterocycles. The summed E-state index contributed by atoms with van der Waals surface area (Å²) in [5.41, 5.74) is 1.93. The molecule has 0 radical (unpaired) electrons. The van der Waals surface area contributed by atoms with Gasteiger partial charge < -0.3 is 4.90 Å². The van der Waals surface area contributed by atoms with Crippen LogP contribution in [0.3, 0.4) is 0 Å². The Morgan fingerprint density at radius 1 is 1.26 bits per heavy atom. The van der Waals surface area contributed by atoms with E-state index >= 15 is 0 Å². The van der Waals surface area contributed by atoms with Gasteiger partial charge in [0, 0.05) is 19.0 Å². The Bertz CT molecular complexity index is 556. The van der Waals surface area contributed by atoms with Crippen molar-refractivity contribution in [2.75, 3.05) is 23.9 Å². The van der Waals surface area contributed by atoms with Crippen molar-refractivity contribution in [2.24, 2.45) is 5.92 Å². The lowest BCUT2D eigenvalue weighted by Crippen LogP contribution is -2.36. The fourth-order valence-electron chi connectivity index (χ4n) is 2.76. The van der Waals surface area contributed by atoms with E-state index < -0.39 is 0 Å². The number of alkyl halides is 1. The highest BCUT2D eigenvalue weighted by Crippen LogP contribution is 2.24. The second-order valence-electron chi connectivity index (χ2n) is 5.15. The number of hydrogen-bond donors (Lipinski definition) is 0. The van der Waals surface area contributed by atoms with Crippen molar-refractivity contribution in [1.82, 2.24) is 9.97 Å². The number of fused-ring (bicyclic) bond motifs is 1. The normalized spacial score (nSPS) is 19.8. The fraction of sp³-hybridized carbons (Fsp3) is 0.467. The molecule has 3 rings (SSSR count). The van der Waals surface area contributed by atoms with Gasteiger partial charge in [-0.05, 0) is 37.3 Å². The van der Waals surface area contributed by atoms with Crippen molar-refractivity contribution in [3.8, 4) is 0 Å². The second-order valence-corrected chi connectivity index (χ2v) is 5.53. The number of para-hydroxylation sites is 2. The Morgan fingerprint density at radius 2 is 2.11 bits per heavy atom. The monoisotopic (exact) mass is 275 g/mol. The van der Waals surface area contributed by atoms with Crippen molar-refractivity contribution in [3.63, 3.8) is 0 Å². The first-order chi connectivity index (χ1) is 9.36. The maximum absolute atomic E-state index is 5.86. The first-order valence-corrected chi connectivity index (χ1v) is 7.43. The largest absolute Gasteiger partial charge is 0.355 e. The maximum Gasteiger partial charge on any atom is 0.147 e. The van der Waals surface area contributed by atoms with E-state index in [0.717, 1.165) is 42.2 Å². The number of rotatable bonds is 3. The molecule has 3 nitrogen and oxygen atoms in total. The van der Waals surface area contributed by atoms with E-state index in [4.69, 9.17) is 16.6 Å². The number of halogens is 1. The highest BCUT2D eigenvalue weighted by molar-refractivity contribution is 6.17. The SMILES string of the molecule is ClCCC1CCCN(c2cnc3ccccc3n2)C1. The number of hydrogen-bond acceptors (Lipinski definition) is 3. The van der Waals surface area contributed by atoms with Gasteiger partial charge in [0.05, 0.1) is 17.2 Å². The van der Waals surface area contributed by atoms with Gasteiger partial charge in [0.25, 0.3) is 0 Å². The molecule has 100 valence electrons. The van der Waals surface area contributed by atoms with Gasteiger partial charge in [-0.15, -0.1) is 11.6 Å². The van der Waals surface area contributed by atoms with Crippen molar-refractivity contribution in [1.29, 1.82) is 0 Å². The summed E-state index contributed by atoms with van der Waals surface area (Å²) in [5, 5.41) is 0. The van der Waals surface area contributed by atoms with E-state index in [0.29, 0.717) is 5.92 Å². The predicted octanol–water partition coefficient (Wildman–Crippen LogP) is 3.48. The first-order valence-electron chi connectivity index (χ1n) is 6.89. The molecule has 19 heavy (non-hydrogen) atoms. The summed E-state index contributed by atoms with van der Waals surface area (Å²) in [7, 11) is 0. The van der Waals surface area contributed by atoms with Crippen LogP contribution in [0.5, 0.6) is 0 Å². The van der Waals surface area contributed by atoms with E-state index in [1.165, 1.54) is 12.8 Å². The predicted molar refractivity (Wildman–Crippen MR) is 79.8 cm³/mol. The zero-order valence-electron chi connectivity index (χ0n) is 10.9. The third kappa shape index (κ3) is 2.81. The van der Waals surface area contributed by atoms with Crippen LogP contribution in [-0.2, 0) is 0 Å². The average molecular weight is 276 g/mol. The van der Waals surface area contributed by atoms with Crippen LogP contribution >= 0.6 is 11.6 Å². The van der Waals surface area contributed by atoms with Crippen molar-refractivity contribution in [2.45, 2.75) is 19.3 Å². The van der Waals surface area contributed by atoms with Crippen LogP contribution in [0.4, 0.5) is 5.82 Å². The average Bonchev–Trinajstić information content (AvgIpc) is 2.47. The quantitative estimate of drug-likeness (QED) is 0.803. The number of benzene rings is 1. The molecule has 0 amide bonds. The van der Waals surface area contributed by atoms with E-state index in [1.54, 1.807) is 0 Å². The van der Waals surface area contributed by atoms with Crippen LogP contribution < -0.4 is 4.90 Å². The standard InChI is InChI=1S/C15H18ClN3/c16-8-7-12-4-3-9-19(11-12)15-10-17-13-5-1-2-6-14(13)18-15/h1-2,5-6,10,12H,3-4,7-9,11H2. The summed E-state index contributed by atoms with van der Waals surface area (Å²) >= 11 is 5.86. The van der Waals surface area contributed by atoms with Gasteiger partial charge in [0.2, 0.25) is 0 Å². The molecule has 0 bridgehead atoms. The van der Waals surface area contributed by atoms with Gasteiger partial charge in [0.15, 0.2) is 0 Å². The highest BCUT2D eigenvalue weighted by atomic mass is 35.5. The molecule has 0 spiro atoms. The Balaban J connectivity index is 1.83. The van der Waals surface area contributed by atoms with E-state index in [1.807, 2.05) is 30.5 Å². The molecule has 1 aliphatic rings. The molecular weight excluding hydrogens is 258 g/mol. The van der Waals surface area contributed by atoms with Gasteiger partial charge in [-0.2, -0.15) is 0 Å². The van der Waals surface area contributed by atoms with Crippen molar-refractivity contribution < 1.29 is 0 Å². The zero-order chi connectivity index (χ0) is 13.1. The third-order valence-electron chi connectivity index (χ3n) is 3.80. The van der Waals surface area contributed by atoms with Gasteiger partial charge in [-0.25, -0.2) is 4.98 Å². The number of piperidine rings is 1. The lowest BCUT2D eigenvalue weighted by Gasteiger charge is -2.33. The minimum atomic E-state index is 0.694. The topological polar surface area (TPSA) is 29.0 Å². The van der Waals surface area contributed by atoms with Crippen LogP contribution in [0.2, 0.25) is 0 Å².